The normalized spacial score (nSPS) is 16.7. The zero-order valence-corrected chi connectivity index (χ0v) is 16.4. The maximum Gasteiger partial charge on any atom is 0.255 e. The number of benzene rings is 1. The van der Waals surface area contributed by atoms with E-state index in [4.69, 9.17) is 4.98 Å². The van der Waals surface area contributed by atoms with Crippen LogP contribution in [0.2, 0.25) is 0 Å². The van der Waals surface area contributed by atoms with Crippen LogP contribution in [-0.2, 0) is 7.05 Å². The zero-order chi connectivity index (χ0) is 20.4. The molecule has 1 amide bonds. The Hall–Kier alpha value is -3.55. The lowest BCUT2D eigenvalue weighted by Crippen LogP contribution is -2.55. The molecule has 3 heterocycles. The molecule has 1 atom stereocenters. The molecule has 1 saturated heterocycles. The van der Waals surface area contributed by atoms with E-state index in [0.29, 0.717) is 42.5 Å². The molecule has 0 spiro atoms. The quantitative estimate of drug-likeness (QED) is 0.675. The molecule has 0 bridgehead atoms. The molecule has 148 valence electrons. The SMILES string of the molecule is C[C@@H]1CN(C(=O)c2ccccc2)CCN1c1nc(-c2ccncn2)cc(=O)n1C. The predicted octanol–water partition coefficient (Wildman–Crippen LogP) is 1.59. The fraction of sp³-hybridized carbons (Fsp3) is 0.286. The molecule has 0 unspecified atom stereocenters. The Kier molecular flexibility index (Phi) is 5.07. The van der Waals surface area contributed by atoms with Gasteiger partial charge in [-0.2, -0.15) is 0 Å². The Labute approximate surface area is 168 Å². The summed E-state index contributed by atoms with van der Waals surface area (Å²) in [6, 6.07) is 12.5. The van der Waals surface area contributed by atoms with Gasteiger partial charge in [0.15, 0.2) is 0 Å². The molecule has 1 aliphatic rings. The number of hydrogen-bond donors (Lipinski definition) is 0. The number of anilines is 1. The molecule has 0 aliphatic carbocycles. The van der Waals surface area contributed by atoms with E-state index in [0.717, 1.165) is 0 Å². The number of piperazine rings is 1. The highest BCUT2D eigenvalue weighted by Gasteiger charge is 2.29. The minimum atomic E-state index is -0.154. The van der Waals surface area contributed by atoms with Gasteiger partial charge in [0.05, 0.1) is 11.4 Å². The van der Waals surface area contributed by atoms with Crippen LogP contribution in [0.4, 0.5) is 5.95 Å². The Bertz CT molecular complexity index is 1070. The highest BCUT2D eigenvalue weighted by atomic mass is 16.2. The van der Waals surface area contributed by atoms with Crippen molar-refractivity contribution in [3.63, 3.8) is 0 Å². The zero-order valence-electron chi connectivity index (χ0n) is 16.4. The average molecular weight is 390 g/mol. The van der Waals surface area contributed by atoms with Crippen LogP contribution in [-0.4, -0.2) is 56.0 Å². The van der Waals surface area contributed by atoms with Crippen LogP contribution in [0.15, 0.2) is 59.8 Å². The van der Waals surface area contributed by atoms with E-state index < -0.39 is 0 Å². The maximum atomic E-state index is 12.8. The van der Waals surface area contributed by atoms with E-state index in [9.17, 15) is 9.59 Å². The van der Waals surface area contributed by atoms with E-state index in [1.807, 2.05) is 42.2 Å². The summed E-state index contributed by atoms with van der Waals surface area (Å²) in [7, 11) is 1.71. The fourth-order valence-corrected chi connectivity index (χ4v) is 3.56. The molecule has 8 nitrogen and oxygen atoms in total. The van der Waals surface area contributed by atoms with Crippen LogP contribution in [0.1, 0.15) is 17.3 Å². The third-order valence-electron chi connectivity index (χ3n) is 5.15. The molecule has 1 aliphatic heterocycles. The van der Waals surface area contributed by atoms with Gasteiger partial charge in [-0.25, -0.2) is 15.0 Å². The van der Waals surface area contributed by atoms with E-state index in [1.54, 1.807) is 19.3 Å². The van der Waals surface area contributed by atoms with E-state index in [-0.39, 0.29) is 17.5 Å². The first kappa shape index (κ1) is 18.8. The number of aromatic nitrogens is 4. The summed E-state index contributed by atoms with van der Waals surface area (Å²) in [5.74, 6) is 0.596. The van der Waals surface area contributed by atoms with Crippen LogP contribution in [0.3, 0.4) is 0 Å². The molecule has 4 rings (SSSR count). The molecule has 1 fully saturated rings. The molecule has 1 aromatic carbocycles. The van der Waals surface area contributed by atoms with Crippen molar-refractivity contribution in [1.82, 2.24) is 24.4 Å². The first-order chi connectivity index (χ1) is 14.0. The summed E-state index contributed by atoms with van der Waals surface area (Å²) in [6.07, 6.45) is 3.06. The number of amides is 1. The summed E-state index contributed by atoms with van der Waals surface area (Å²) in [5, 5.41) is 0. The van der Waals surface area contributed by atoms with Crippen LogP contribution >= 0.6 is 0 Å². The van der Waals surface area contributed by atoms with Crippen molar-refractivity contribution in [2.75, 3.05) is 24.5 Å². The molecule has 0 N–H and O–H groups in total. The topological polar surface area (TPSA) is 84.2 Å². The number of carbonyl (C=O) groups excluding carboxylic acids is 1. The van der Waals surface area contributed by atoms with Gasteiger partial charge in [-0.3, -0.25) is 14.2 Å². The third-order valence-corrected chi connectivity index (χ3v) is 5.15. The van der Waals surface area contributed by atoms with Crippen LogP contribution in [0.25, 0.3) is 11.4 Å². The summed E-state index contributed by atoms with van der Waals surface area (Å²) < 4.78 is 1.54. The second-order valence-electron chi connectivity index (χ2n) is 7.09. The minimum Gasteiger partial charge on any atom is -0.336 e. The van der Waals surface area contributed by atoms with Crippen molar-refractivity contribution >= 4 is 11.9 Å². The van der Waals surface area contributed by atoms with Gasteiger partial charge in [-0.1, -0.05) is 18.2 Å². The molecule has 0 radical (unpaired) electrons. The van der Waals surface area contributed by atoms with Gasteiger partial charge in [0, 0.05) is 50.6 Å². The van der Waals surface area contributed by atoms with Crippen molar-refractivity contribution in [1.29, 1.82) is 0 Å². The van der Waals surface area contributed by atoms with Gasteiger partial charge < -0.3 is 9.80 Å². The Morgan fingerprint density at radius 1 is 1.10 bits per heavy atom. The summed E-state index contributed by atoms with van der Waals surface area (Å²) in [5.41, 5.74) is 1.65. The molecule has 3 aromatic rings. The number of hydrogen-bond acceptors (Lipinski definition) is 6. The first-order valence-electron chi connectivity index (χ1n) is 9.50. The van der Waals surface area contributed by atoms with Gasteiger partial charge in [-0.05, 0) is 25.1 Å². The van der Waals surface area contributed by atoms with Crippen molar-refractivity contribution in [2.45, 2.75) is 13.0 Å². The third kappa shape index (κ3) is 3.73. The lowest BCUT2D eigenvalue weighted by molar-refractivity contribution is 0.0725. The van der Waals surface area contributed by atoms with Crippen LogP contribution in [0, 0.1) is 0 Å². The standard InChI is InChI=1S/C21H22N6O2/c1-15-13-26(20(29)16-6-4-3-5-7-16)10-11-27(15)21-24-18(12-19(28)25(21)2)17-8-9-22-14-23-17/h3-9,12,14-15H,10-11,13H2,1-2H3/t15-/m1/s1. The lowest BCUT2D eigenvalue weighted by atomic mass is 10.1. The van der Waals surface area contributed by atoms with Crippen molar-refractivity contribution in [3.8, 4) is 11.4 Å². The minimum absolute atomic E-state index is 0.00941. The van der Waals surface area contributed by atoms with E-state index >= 15 is 0 Å². The summed E-state index contributed by atoms with van der Waals surface area (Å²) in [6.45, 7) is 3.74. The van der Waals surface area contributed by atoms with Crippen LogP contribution in [0.5, 0.6) is 0 Å². The van der Waals surface area contributed by atoms with Gasteiger partial charge in [0.2, 0.25) is 5.95 Å². The van der Waals surface area contributed by atoms with Crippen molar-refractivity contribution in [3.05, 3.63) is 70.9 Å². The van der Waals surface area contributed by atoms with E-state index in [2.05, 4.69) is 14.9 Å². The Morgan fingerprint density at radius 3 is 2.59 bits per heavy atom. The molecule has 2 aromatic heterocycles. The fourth-order valence-electron chi connectivity index (χ4n) is 3.56. The summed E-state index contributed by atoms with van der Waals surface area (Å²) >= 11 is 0. The van der Waals surface area contributed by atoms with Crippen molar-refractivity contribution < 1.29 is 4.79 Å². The monoisotopic (exact) mass is 390 g/mol. The maximum absolute atomic E-state index is 12.8. The number of carbonyl (C=O) groups is 1. The van der Waals surface area contributed by atoms with Gasteiger partial charge >= 0.3 is 0 Å². The summed E-state index contributed by atoms with van der Waals surface area (Å²) in [4.78, 5) is 42.0. The van der Waals surface area contributed by atoms with Gasteiger partial charge in [-0.15, -0.1) is 0 Å². The van der Waals surface area contributed by atoms with Crippen LogP contribution < -0.4 is 10.5 Å². The molecule has 8 heteroatoms. The molecular weight excluding hydrogens is 368 g/mol. The average Bonchev–Trinajstić information content (AvgIpc) is 2.76. The second kappa shape index (κ2) is 7.83. The lowest BCUT2D eigenvalue weighted by Gasteiger charge is -2.40. The highest BCUT2D eigenvalue weighted by Crippen LogP contribution is 2.21. The van der Waals surface area contributed by atoms with Gasteiger partial charge in [0.1, 0.15) is 6.33 Å². The first-order valence-corrected chi connectivity index (χ1v) is 9.50. The van der Waals surface area contributed by atoms with Crippen molar-refractivity contribution in [2.24, 2.45) is 7.05 Å². The Morgan fingerprint density at radius 2 is 1.90 bits per heavy atom. The molecular formula is C21H22N6O2. The number of nitrogens with zero attached hydrogens (tertiary/aromatic N) is 6. The predicted molar refractivity (Wildman–Crippen MR) is 110 cm³/mol. The van der Waals surface area contributed by atoms with Gasteiger partial charge in [0.25, 0.3) is 11.5 Å². The molecule has 0 saturated carbocycles. The Balaban J connectivity index is 1.59. The number of rotatable bonds is 3. The highest BCUT2D eigenvalue weighted by molar-refractivity contribution is 5.94. The molecule has 29 heavy (non-hydrogen) atoms. The smallest absolute Gasteiger partial charge is 0.255 e. The second-order valence-corrected chi connectivity index (χ2v) is 7.09. The largest absolute Gasteiger partial charge is 0.336 e. The van der Waals surface area contributed by atoms with E-state index in [1.165, 1.54) is 17.0 Å².